The smallest absolute Gasteiger partial charge is 0.338 e. The van der Waals surface area contributed by atoms with Gasteiger partial charge in [-0.1, -0.05) is 6.07 Å². The highest BCUT2D eigenvalue weighted by atomic mass is 79.9. The van der Waals surface area contributed by atoms with Crippen molar-refractivity contribution in [1.82, 2.24) is 10.2 Å². The van der Waals surface area contributed by atoms with Crippen molar-refractivity contribution in [2.45, 2.75) is 6.61 Å². The second-order valence-electron chi connectivity index (χ2n) is 5.13. The molecule has 24 heavy (non-hydrogen) atoms. The normalized spacial score (nSPS) is 10.6. The minimum atomic E-state index is -0.433. The highest BCUT2D eigenvalue weighted by Gasteiger charge is 2.14. The molecular weight excluding hydrogens is 394 g/mol. The van der Waals surface area contributed by atoms with Crippen LogP contribution in [0.4, 0.5) is 5.69 Å². The van der Waals surface area contributed by atoms with Crippen molar-refractivity contribution in [3.8, 4) is 10.8 Å². The number of esters is 1. The molecule has 0 spiro atoms. The van der Waals surface area contributed by atoms with Crippen LogP contribution >= 0.6 is 27.3 Å². The summed E-state index contributed by atoms with van der Waals surface area (Å²) in [4.78, 5) is 14.9. The summed E-state index contributed by atoms with van der Waals surface area (Å²) in [6.45, 7) is -0.0649. The van der Waals surface area contributed by atoms with Gasteiger partial charge in [-0.05, 0) is 46.3 Å². The molecule has 2 heterocycles. The molecule has 0 aliphatic heterocycles. The van der Waals surface area contributed by atoms with Crippen molar-refractivity contribution >= 4 is 38.9 Å². The second-order valence-corrected chi connectivity index (χ2v) is 7.59. The number of rotatable bonds is 5. The molecule has 0 unspecified atom stereocenters. The van der Waals surface area contributed by atoms with Gasteiger partial charge in [0.25, 0.3) is 11.8 Å². The molecule has 3 aromatic rings. The summed E-state index contributed by atoms with van der Waals surface area (Å²) in [7, 11) is 3.82. The number of carbonyl (C=O) groups is 1. The average Bonchev–Trinajstić information content (AvgIpc) is 3.21. The van der Waals surface area contributed by atoms with Crippen LogP contribution in [0, 0.1) is 0 Å². The third-order valence-corrected chi connectivity index (χ3v) is 4.79. The van der Waals surface area contributed by atoms with Crippen molar-refractivity contribution in [1.29, 1.82) is 0 Å². The zero-order valence-electron chi connectivity index (χ0n) is 13.0. The van der Waals surface area contributed by atoms with Crippen LogP contribution in [0.1, 0.15) is 16.2 Å². The Kier molecular flexibility index (Phi) is 4.96. The summed E-state index contributed by atoms with van der Waals surface area (Å²) in [6.07, 6.45) is 0. The van der Waals surface area contributed by atoms with Gasteiger partial charge in [0.1, 0.15) is 0 Å². The van der Waals surface area contributed by atoms with Crippen molar-refractivity contribution in [2.75, 3.05) is 19.0 Å². The minimum Gasteiger partial charge on any atom is -0.452 e. The number of carbonyl (C=O) groups excluding carboxylic acids is 1. The fraction of sp³-hybridized carbons (Fsp3) is 0.188. The van der Waals surface area contributed by atoms with Gasteiger partial charge in [-0.15, -0.1) is 21.5 Å². The molecule has 124 valence electrons. The molecule has 0 radical (unpaired) electrons. The second kappa shape index (κ2) is 7.14. The Bertz CT molecular complexity index is 860. The van der Waals surface area contributed by atoms with E-state index in [0.29, 0.717) is 11.5 Å². The molecule has 3 rings (SSSR count). The van der Waals surface area contributed by atoms with Crippen LogP contribution in [0.15, 0.2) is 44.6 Å². The van der Waals surface area contributed by atoms with Gasteiger partial charge in [-0.25, -0.2) is 4.79 Å². The standard InChI is InChI=1S/C16H14BrN3O3S/c1-20(2)11-5-3-4-10(8-11)16(21)22-9-14-18-19-15(23-14)12-6-7-13(17)24-12/h3-8H,9H2,1-2H3. The van der Waals surface area contributed by atoms with Crippen LogP contribution in [0.2, 0.25) is 0 Å². The summed E-state index contributed by atoms with van der Waals surface area (Å²) >= 11 is 4.87. The van der Waals surface area contributed by atoms with Gasteiger partial charge in [0, 0.05) is 19.8 Å². The maximum absolute atomic E-state index is 12.1. The fourth-order valence-corrected chi connectivity index (χ4v) is 3.27. The number of anilines is 1. The molecule has 0 N–H and O–H groups in total. The first-order valence-electron chi connectivity index (χ1n) is 7.05. The third-order valence-electron chi connectivity index (χ3n) is 3.18. The Morgan fingerprint density at radius 3 is 2.83 bits per heavy atom. The van der Waals surface area contributed by atoms with Gasteiger partial charge in [-0.2, -0.15) is 0 Å². The van der Waals surface area contributed by atoms with Crippen molar-refractivity contribution in [3.05, 3.63) is 51.6 Å². The number of benzene rings is 1. The summed E-state index contributed by atoms with van der Waals surface area (Å²) < 4.78 is 11.7. The van der Waals surface area contributed by atoms with Crippen molar-refractivity contribution in [3.63, 3.8) is 0 Å². The molecule has 0 saturated carbocycles. The number of ether oxygens (including phenoxy) is 1. The van der Waals surface area contributed by atoms with E-state index in [1.807, 2.05) is 43.3 Å². The van der Waals surface area contributed by atoms with Crippen LogP contribution in [0.25, 0.3) is 10.8 Å². The predicted octanol–water partition coefficient (Wildman–Crippen LogP) is 3.98. The molecule has 0 fully saturated rings. The van der Waals surface area contributed by atoms with Crippen LogP contribution in [-0.4, -0.2) is 30.3 Å². The van der Waals surface area contributed by atoms with Gasteiger partial charge in [0.15, 0.2) is 6.61 Å². The summed E-state index contributed by atoms with van der Waals surface area (Å²) in [5.41, 5.74) is 1.40. The number of hydrogen-bond acceptors (Lipinski definition) is 7. The molecule has 1 aromatic carbocycles. The van der Waals surface area contributed by atoms with Crippen LogP contribution < -0.4 is 4.90 Å². The molecule has 2 aromatic heterocycles. The van der Waals surface area contributed by atoms with Crippen LogP contribution in [0.3, 0.4) is 0 Å². The van der Waals surface area contributed by atoms with Crippen molar-refractivity contribution in [2.24, 2.45) is 0 Å². The topological polar surface area (TPSA) is 68.5 Å². The van der Waals surface area contributed by atoms with Gasteiger partial charge in [0.05, 0.1) is 14.2 Å². The molecule has 6 nitrogen and oxygen atoms in total. The zero-order chi connectivity index (χ0) is 17.1. The molecule has 0 aliphatic carbocycles. The quantitative estimate of drug-likeness (QED) is 0.595. The van der Waals surface area contributed by atoms with Crippen LogP contribution in [0.5, 0.6) is 0 Å². The van der Waals surface area contributed by atoms with E-state index in [1.54, 1.807) is 12.1 Å². The average molecular weight is 408 g/mol. The minimum absolute atomic E-state index is 0.0649. The Balaban J connectivity index is 1.64. The molecule has 0 bridgehead atoms. The Labute approximate surface area is 151 Å². The fourth-order valence-electron chi connectivity index (χ4n) is 1.96. The lowest BCUT2D eigenvalue weighted by Gasteiger charge is -2.12. The highest BCUT2D eigenvalue weighted by Crippen LogP contribution is 2.30. The van der Waals surface area contributed by atoms with E-state index in [0.717, 1.165) is 14.4 Å². The van der Waals surface area contributed by atoms with Gasteiger partial charge in [-0.3, -0.25) is 0 Å². The lowest BCUT2D eigenvalue weighted by molar-refractivity contribution is 0.0439. The molecule has 8 heteroatoms. The largest absolute Gasteiger partial charge is 0.452 e. The first-order valence-corrected chi connectivity index (χ1v) is 8.66. The monoisotopic (exact) mass is 407 g/mol. The predicted molar refractivity (Wildman–Crippen MR) is 95.2 cm³/mol. The summed E-state index contributed by atoms with van der Waals surface area (Å²) in [6, 6.07) is 11.0. The number of halogens is 1. The van der Waals surface area contributed by atoms with E-state index in [4.69, 9.17) is 9.15 Å². The number of nitrogens with zero attached hydrogens (tertiary/aromatic N) is 3. The van der Waals surface area contributed by atoms with Gasteiger partial charge in [0.2, 0.25) is 0 Å². The molecule has 0 atom stereocenters. The molecule has 0 saturated heterocycles. The Hall–Kier alpha value is -2.19. The third kappa shape index (κ3) is 3.82. The zero-order valence-corrected chi connectivity index (χ0v) is 15.4. The number of hydrogen-bond donors (Lipinski definition) is 0. The Morgan fingerprint density at radius 1 is 1.29 bits per heavy atom. The molecule has 0 amide bonds. The lowest BCUT2D eigenvalue weighted by atomic mass is 10.2. The molecule has 0 aliphatic rings. The van der Waals surface area contributed by atoms with Gasteiger partial charge < -0.3 is 14.1 Å². The SMILES string of the molecule is CN(C)c1cccc(C(=O)OCc2nnc(-c3ccc(Br)s3)o2)c1. The van der Waals surface area contributed by atoms with Crippen LogP contribution in [-0.2, 0) is 11.3 Å². The number of aromatic nitrogens is 2. The van der Waals surface area contributed by atoms with Crippen molar-refractivity contribution < 1.29 is 13.9 Å². The molecular formula is C16H14BrN3O3S. The lowest BCUT2D eigenvalue weighted by Crippen LogP contribution is -2.11. The first-order chi connectivity index (χ1) is 11.5. The summed E-state index contributed by atoms with van der Waals surface area (Å²) in [5.74, 6) is 0.232. The van der Waals surface area contributed by atoms with E-state index in [2.05, 4.69) is 26.1 Å². The number of thiophene rings is 1. The maximum Gasteiger partial charge on any atom is 0.338 e. The Morgan fingerprint density at radius 2 is 2.12 bits per heavy atom. The highest BCUT2D eigenvalue weighted by molar-refractivity contribution is 9.11. The van der Waals surface area contributed by atoms with E-state index in [-0.39, 0.29) is 12.5 Å². The van der Waals surface area contributed by atoms with E-state index in [1.165, 1.54) is 11.3 Å². The van der Waals surface area contributed by atoms with Gasteiger partial charge >= 0.3 is 5.97 Å². The summed E-state index contributed by atoms with van der Waals surface area (Å²) in [5, 5.41) is 7.87. The van der Waals surface area contributed by atoms with E-state index >= 15 is 0 Å². The van der Waals surface area contributed by atoms with E-state index in [9.17, 15) is 4.79 Å². The first kappa shape index (κ1) is 16.7. The van der Waals surface area contributed by atoms with E-state index < -0.39 is 5.97 Å². The maximum atomic E-state index is 12.1.